The lowest BCUT2D eigenvalue weighted by Crippen LogP contribution is -1.93. The van der Waals surface area contributed by atoms with Crippen LogP contribution in [0.25, 0.3) is 0 Å². The van der Waals surface area contributed by atoms with Crippen LogP contribution in [-0.4, -0.2) is 12.5 Å². The van der Waals surface area contributed by atoms with E-state index in [1.165, 1.54) is 0 Å². The lowest BCUT2D eigenvalue weighted by molar-refractivity contribution is 0.363. The third-order valence-corrected chi connectivity index (χ3v) is 2.21. The molecule has 0 saturated heterocycles. The lowest BCUT2D eigenvalue weighted by atomic mass is 10.3. The zero-order chi connectivity index (χ0) is 10.4. The van der Waals surface area contributed by atoms with Gasteiger partial charge in [0.05, 0.1) is 5.02 Å². The molecule has 4 heteroatoms. The number of ether oxygens (including phenoxy) is 1. The maximum atomic E-state index is 5.88. The summed E-state index contributed by atoms with van der Waals surface area (Å²) in [5, 5.41) is 1.15. The Bertz CT molecular complexity index is 323. The minimum Gasteiger partial charge on any atom is -0.488 e. The molecule has 0 atom stereocenters. The first-order valence-corrected chi connectivity index (χ1v) is 5.32. The Balaban J connectivity index is 2.57. The van der Waals surface area contributed by atoms with Crippen molar-refractivity contribution in [3.8, 4) is 5.75 Å². The van der Waals surface area contributed by atoms with E-state index in [0.29, 0.717) is 28.3 Å². The van der Waals surface area contributed by atoms with Gasteiger partial charge in [0.15, 0.2) is 0 Å². The van der Waals surface area contributed by atoms with E-state index in [9.17, 15) is 0 Å². The lowest BCUT2D eigenvalue weighted by Gasteiger charge is -2.05. The number of alkyl halides is 1. The molecule has 0 saturated carbocycles. The Hall–Kier alpha value is -0.370. The molecule has 1 nitrogen and oxygen atoms in total. The summed E-state index contributed by atoms with van der Waals surface area (Å²) < 4.78 is 5.36. The second-order valence-corrected chi connectivity index (χ2v) is 3.66. The largest absolute Gasteiger partial charge is 0.488 e. The minimum absolute atomic E-state index is 0.437. The Labute approximate surface area is 98.2 Å². The van der Waals surface area contributed by atoms with E-state index in [4.69, 9.17) is 39.5 Å². The Morgan fingerprint density at radius 1 is 1.21 bits per heavy atom. The molecule has 1 aromatic rings. The Morgan fingerprint density at radius 2 is 2.00 bits per heavy atom. The predicted octanol–water partition coefficient (Wildman–Crippen LogP) is 4.17. The van der Waals surface area contributed by atoms with Gasteiger partial charge >= 0.3 is 0 Å². The molecular formula is C10H9Cl3O. The molecule has 0 aliphatic rings. The van der Waals surface area contributed by atoms with Crippen LogP contribution in [0, 0.1) is 0 Å². The van der Waals surface area contributed by atoms with Crippen LogP contribution in [0.2, 0.25) is 10.0 Å². The number of benzene rings is 1. The summed E-state index contributed by atoms with van der Waals surface area (Å²) in [5.41, 5.74) is 0. The van der Waals surface area contributed by atoms with Crippen LogP contribution in [0.1, 0.15) is 0 Å². The van der Waals surface area contributed by atoms with E-state index >= 15 is 0 Å². The molecule has 0 unspecified atom stereocenters. The van der Waals surface area contributed by atoms with Crippen LogP contribution < -0.4 is 4.74 Å². The van der Waals surface area contributed by atoms with Gasteiger partial charge < -0.3 is 4.74 Å². The highest BCUT2D eigenvalue weighted by atomic mass is 35.5. The quantitative estimate of drug-likeness (QED) is 0.576. The van der Waals surface area contributed by atoms with Crippen molar-refractivity contribution in [2.45, 2.75) is 0 Å². The van der Waals surface area contributed by atoms with Gasteiger partial charge in [-0.25, -0.2) is 0 Å². The number of allylic oxidation sites excluding steroid dienone is 1. The summed E-state index contributed by atoms with van der Waals surface area (Å²) in [7, 11) is 0. The van der Waals surface area contributed by atoms with Crippen LogP contribution in [0.15, 0.2) is 30.4 Å². The van der Waals surface area contributed by atoms with Gasteiger partial charge in [-0.2, -0.15) is 0 Å². The van der Waals surface area contributed by atoms with E-state index in [1.54, 1.807) is 24.3 Å². The molecule has 0 fully saturated rings. The SMILES string of the molecule is ClCC=CCOc1cc(Cl)ccc1Cl. The van der Waals surface area contributed by atoms with Crippen LogP contribution in [0.4, 0.5) is 0 Å². The first kappa shape index (κ1) is 11.7. The topological polar surface area (TPSA) is 9.23 Å². The highest BCUT2D eigenvalue weighted by Crippen LogP contribution is 2.27. The molecule has 1 rings (SSSR count). The van der Waals surface area contributed by atoms with Crippen molar-refractivity contribution < 1.29 is 4.74 Å². The molecule has 76 valence electrons. The summed E-state index contributed by atoms with van der Waals surface area (Å²) in [6, 6.07) is 5.09. The third kappa shape index (κ3) is 3.79. The summed E-state index contributed by atoms with van der Waals surface area (Å²) in [6.45, 7) is 0.437. The Kier molecular flexibility index (Phi) is 5.16. The number of hydrogen-bond donors (Lipinski definition) is 0. The average molecular weight is 252 g/mol. The monoisotopic (exact) mass is 250 g/mol. The van der Waals surface area contributed by atoms with Crippen LogP contribution in [0.3, 0.4) is 0 Å². The summed E-state index contributed by atoms with van der Waals surface area (Å²) >= 11 is 17.1. The van der Waals surface area contributed by atoms with Crippen molar-refractivity contribution in [1.82, 2.24) is 0 Å². The van der Waals surface area contributed by atoms with Crippen molar-refractivity contribution >= 4 is 34.8 Å². The molecule has 0 radical (unpaired) electrons. The fourth-order valence-electron chi connectivity index (χ4n) is 0.857. The molecule has 0 aromatic heterocycles. The van der Waals surface area contributed by atoms with E-state index in [-0.39, 0.29) is 0 Å². The highest BCUT2D eigenvalue weighted by Gasteiger charge is 2.00. The highest BCUT2D eigenvalue weighted by molar-refractivity contribution is 6.34. The predicted molar refractivity (Wildman–Crippen MR) is 61.8 cm³/mol. The fraction of sp³-hybridized carbons (Fsp3) is 0.200. The first-order chi connectivity index (χ1) is 6.74. The summed E-state index contributed by atoms with van der Waals surface area (Å²) in [5.74, 6) is 1.06. The average Bonchev–Trinajstić information content (AvgIpc) is 2.18. The molecule has 0 spiro atoms. The number of halogens is 3. The zero-order valence-electron chi connectivity index (χ0n) is 7.34. The van der Waals surface area contributed by atoms with Crippen molar-refractivity contribution in [2.75, 3.05) is 12.5 Å². The molecule has 0 heterocycles. The summed E-state index contributed by atoms with van der Waals surface area (Å²) in [4.78, 5) is 0. The van der Waals surface area contributed by atoms with E-state index in [1.807, 2.05) is 6.08 Å². The van der Waals surface area contributed by atoms with Crippen molar-refractivity contribution in [3.63, 3.8) is 0 Å². The van der Waals surface area contributed by atoms with Gasteiger partial charge in [0.25, 0.3) is 0 Å². The van der Waals surface area contributed by atoms with Gasteiger partial charge in [-0.3, -0.25) is 0 Å². The smallest absolute Gasteiger partial charge is 0.139 e. The van der Waals surface area contributed by atoms with Gasteiger partial charge in [0.1, 0.15) is 12.4 Å². The number of hydrogen-bond acceptors (Lipinski definition) is 1. The molecule has 0 bridgehead atoms. The van der Waals surface area contributed by atoms with Gasteiger partial charge in [0.2, 0.25) is 0 Å². The van der Waals surface area contributed by atoms with Crippen LogP contribution in [-0.2, 0) is 0 Å². The zero-order valence-corrected chi connectivity index (χ0v) is 9.61. The van der Waals surface area contributed by atoms with Crippen LogP contribution in [0.5, 0.6) is 5.75 Å². The normalized spacial score (nSPS) is 10.8. The second kappa shape index (κ2) is 6.18. The van der Waals surface area contributed by atoms with Gasteiger partial charge in [0, 0.05) is 17.0 Å². The maximum Gasteiger partial charge on any atom is 0.139 e. The second-order valence-electron chi connectivity index (χ2n) is 2.51. The van der Waals surface area contributed by atoms with E-state index < -0.39 is 0 Å². The van der Waals surface area contributed by atoms with E-state index in [2.05, 4.69) is 0 Å². The molecule has 0 aliphatic heterocycles. The van der Waals surface area contributed by atoms with Crippen molar-refractivity contribution in [1.29, 1.82) is 0 Å². The standard InChI is InChI=1S/C10H9Cl3O/c11-5-1-2-6-14-10-7-8(12)3-4-9(10)13/h1-4,7H,5-6H2. The molecule has 0 N–H and O–H groups in total. The minimum atomic E-state index is 0.437. The molecule has 1 aromatic carbocycles. The summed E-state index contributed by atoms with van der Waals surface area (Å²) in [6.07, 6.45) is 3.63. The molecule has 14 heavy (non-hydrogen) atoms. The first-order valence-electron chi connectivity index (χ1n) is 4.03. The van der Waals surface area contributed by atoms with Crippen LogP contribution >= 0.6 is 34.8 Å². The fourth-order valence-corrected chi connectivity index (χ4v) is 1.32. The van der Waals surface area contributed by atoms with Gasteiger partial charge in [-0.1, -0.05) is 35.4 Å². The molecule has 0 aliphatic carbocycles. The number of rotatable bonds is 4. The molecule has 0 amide bonds. The Morgan fingerprint density at radius 3 is 2.71 bits per heavy atom. The van der Waals surface area contributed by atoms with Gasteiger partial charge in [-0.15, -0.1) is 11.6 Å². The van der Waals surface area contributed by atoms with Gasteiger partial charge in [-0.05, 0) is 12.1 Å². The maximum absolute atomic E-state index is 5.88. The third-order valence-electron chi connectivity index (χ3n) is 1.48. The molecular weight excluding hydrogens is 242 g/mol. The van der Waals surface area contributed by atoms with Crippen molar-refractivity contribution in [2.24, 2.45) is 0 Å². The van der Waals surface area contributed by atoms with Crippen molar-refractivity contribution in [3.05, 3.63) is 40.4 Å². The van der Waals surface area contributed by atoms with E-state index in [0.717, 1.165) is 0 Å².